The summed E-state index contributed by atoms with van der Waals surface area (Å²) in [6, 6.07) is 7.89. The zero-order valence-corrected chi connectivity index (χ0v) is 12.4. The van der Waals surface area contributed by atoms with Gasteiger partial charge in [-0.3, -0.25) is 9.59 Å². The highest BCUT2D eigenvalue weighted by atomic mass is 16.3. The number of hydrogen-bond acceptors (Lipinski definition) is 6. The number of amides is 2. The van der Waals surface area contributed by atoms with Gasteiger partial charge < -0.3 is 16.2 Å². The fourth-order valence-corrected chi connectivity index (χ4v) is 1.66. The largest absolute Gasteiger partial charge is 0.399 e. The average molecular weight is 302 g/mol. The van der Waals surface area contributed by atoms with E-state index in [1.54, 1.807) is 25.1 Å². The molecule has 0 saturated heterocycles. The van der Waals surface area contributed by atoms with Crippen LogP contribution >= 0.6 is 0 Å². The number of anilines is 2. The first-order valence-electron chi connectivity index (χ1n) is 6.59. The topological polar surface area (TPSA) is 119 Å². The van der Waals surface area contributed by atoms with Crippen molar-refractivity contribution in [2.75, 3.05) is 17.2 Å². The van der Waals surface area contributed by atoms with E-state index in [1.807, 2.05) is 0 Å². The van der Waals surface area contributed by atoms with Gasteiger partial charge in [0.1, 0.15) is 11.6 Å². The van der Waals surface area contributed by atoms with Gasteiger partial charge in [-0.05, 0) is 31.2 Å². The van der Waals surface area contributed by atoms with Crippen molar-refractivity contribution in [1.29, 1.82) is 5.26 Å². The van der Waals surface area contributed by atoms with E-state index in [1.165, 1.54) is 25.3 Å². The van der Waals surface area contributed by atoms with E-state index in [0.29, 0.717) is 11.4 Å². The van der Waals surface area contributed by atoms with E-state index < -0.39 is 17.9 Å². The van der Waals surface area contributed by atoms with E-state index >= 15 is 0 Å². The molecule has 0 spiro atoms. The summed E-state index contributed by atoms with van der Waals surface area (Å²) in [5, 5.41) is 20.9. The molecule has 22 heavy (non-hydrogen) atoms. The molecule has 2 amide bonds. The number of nitrogen functional groups attached to an aromatic ring is 1. The highest BCUT2D eigenvalue weighted by molar-refractivity contribution is 6.21. The number of benzene rings is 1. The minimum atomic E-state index is -0.752. The molecule has 0 radical (unpaired) electrons. The Kier molecular flexibility index (Phi) is 6.10. The second-order valence-corrected chi connectivity index (χ2v) is 4.68. The fraction of sp³-hybridized carbons (Fsp3) is 0.267. The zero-order valence-electron chi connectivity index (χ0n) is 12.4. The van der Waals surface area contributed by atoms with Gasteiger partial charge in [0.25, 0.3) is 5.91 Å². The third-order valence-electron chi connectivity index (χ3n) is 2.68. The van der Waals surface area contributed by atoms with Crippen LogP contribution in [-0.2, 0) is 9.59 Å². The van der Waals surface area contributed by atoms with Gasteiger partial charge in [-0.15, -0.1) is 0 Å². The minimum absolute atomic E-state index is 0.181. The summed E-state index contributed by atoms with van der Waals surface area (Å²) in [5.41, 5.74) is 6.15. The molecular formula is C15H18N4O3. The van der Waals surface area contributed by atoms with Gasteiger partial charge >= 0.3 is 0 Å². The first-order valence-corrected chi connectivity index (χ1v) is 6.59. The molecule has 0 bridgehead atoms. The van der Waals surface area contributed by atoms with E-state index in [-0.39, 0.29) is 12.1 Å². The summed E-state index contributed by atoms with van der Waals surface area (Å²) in [5.74, 6) is -1.27. The van der Waals surface area contributed by atoms with Gasteiger partial charge in [0.2, 0.25) is 5.91 Å². The van der Waals surface area contributed by atoms with Crippen LogP contribution in [0.3, 0.4) is 0 Å². The summed E-state index contributed by atoms with van der Waals surface area (Å²) in [6.45, 7) is 2.97. The van der Waals surface area contributed by atoms with Gasteiger partial charge in [0.15, 0.2) is 0 Å². The number of aliphatic hydroxyl groups is 1. The first-order chi connectivity index (χ1) is 10.4. The van der Waals surface area contributed by atoms with Crippen LogP contribution in [0.25, 0.3) is 0 Å². The highest BCUT2D eigenvalue weighted by Crippen LogP contribution is 2.18. The van der Waals surface area contributed by atoms with Gasteiger partial charge in [0.05, 0.1) is 11.8 Å². The number of carbonyl (C=O) groups is 2. The molecule has 1 aromatic rings. The number of hydrogen-bond donors (Lipinski definition) is 3. The fourth-order valence-electron chi connectivity index (χ4n) is 1.66. The smallest absolute Gasteiger partial charge is 0.277 e. The van der Waals surface area contributed by atoms with Crippen molar-refractivity contribution in [3.63, 3.8) is 0 Å². The monoisotopic (exact) mass is 302 g/mol. The Hall–Kier alpha value is -2.85. The molecule has 0 aliphatic rings. The molecule has 0 heterocycles. The Balaban J connectivity index is 3.04. The lowest BCUT2D eigenvalue weighted by atomic mass is 10.2. The molecule has 1 atom stereocenters. The third kappa shape index (κ3) is 4.61. The van der Waals surface area contributed by atoms with E-state index in [0.717, 1.165) is 4.90 Å². The van der Waals surface area contributed by atoms with E-state index in [9.17, 15) is 9.59 Å². The van der Waals surface area contributed by atoms with Crippen LogP contribution < -0.4 is 16.0 Å². The second kappa shape index (κ2) is 7.81. The molecule has 1 unspecified atom stereocenters. The molecule has 0 aromatic heterocycles. The normalized spacial score (nSPS) is 12.2. The molecule has 1 aromatic carbocycles. The number of rotatable bonds is 5. The number of imide groups is 1. The van der Waals surface area contributed by atoms with Gasteiger partial charge in [0, 0.05) is 25.4 Å². The molecule has 0 saturated carbocycles. The molecule has 4 N–H and O–H groups in total. The van der Waals surface area contributed by atoms with Crippen molar-refractivity contribution in [3.8, 4) is 6.07 Å². The summed E-state index contributed by atoms with van der Waals surface area (Å²) >= 11 is 0. The lowest BCUT2D eigenvalue weighted by molar-refractivity contribution is -0.123. The maximum atomic E-state index is 12.4. The van der Waals surface area contributed by atoms with E-state index in [2.05, 4.69) is 5.32 Å². The van der Waals surface area contributed by atoms with Crippen molar-refractivity contribution in [2.24, 2.45) is 0 Å². The zero-order chi connectivity index (χ0) is 16.7. The Morgan fingerprint density at radius 3 is 2.50 bits per heavy atom. The van der Waals surface area contributed by atoms with Gasteiger partial charge in [-0.25, -0.2) is 4.90 Å². The van der Waals surface area contributed by atoms with E-state index in [4.69, 9.17) is 16.1 Å². The van der Waals surface area contributed by atoms with Crippen molar-refractivity contribution in [3.05, 3.63) is 36.0 Å². The van der Waals surface area contributed by atoms with Crippen molar-refractivity contribution < 1.29 is 14.7 Å². The maximum absolute atomic E-state index is 12.4. The average Bonchev–Trinajstić information content (AvgIpc) is 2.45. The van der Waals surface area contributed by atoms with Crippen LogP contribution in [0.15, 0.2) is 36.0 Å². The van der Waals surface area contributed by atoms with Crippen LogP contribution in [0.1, 0.15) is 13.8 Å². The lowest BCUT2D eigenvalue weighted by Gasteiger charge is -2.19. The standard InChI is InChI=1S/C15H18N4O3/c1-10(20)8-18-9-12(7-16)15(22)19(11(2)21)14-5-3-13(17)4-6-14/h3-6,9-10,18,20H,8,17H2,1-2H3/b12-9-. The van der Waals surface area contributed by atoms with Crippen LogP contribution in [-0.4, -0.2) is 29.6 Å². The molecule has 116 valence electrons. The summed E-state index contributed by atoms with van der Waals surface area (Å²) in [6.07, 6.45) is 0.551. The van der Waals surface area contributed by atoms with Gasteiger partial charge in [-0.1, -0.05) is 0 Å². The summed E-state index contributed by atoms with van der Waals surface area (Å²) in [7, 11) is 0. The SMILES string of the molecule is CC(=O)N(C(=O)/C(C#N)=C\NCC(C)O)c1ccc(N)cc1. The van der Waals surface area contributed by atoms with Crippen LogP contribution in [0.5, 0.6) is 0 Å². The summed E-state index contributed by atoms with van der Waals surface area (Å²) < 4.78 is 0. The third-order valence-corrected chi connectivity index (χ3v) is 2.68. The number of carbonyl (C=O) groups excluding carboxylic acids is 2. The Bertz CT molecular complexity index is 615. The Morgan fingerprint density at radius 2 is 2.05 bits per heavy atom. The van der Waals surface area contributed by atoms with Crippen molar-refractivity contribution >= 4 is 23.2 Å². The maximum Gasteiger partial charge on any atom is 0.277 e. The van der Waals surface area contributed by atoms with Crippen molar-refractivity contribution in [2.45, 2.75) is 20.0 Å². The molecule has 0 fully saturated rings. The van der Waals surface area contributed by atoms with Gasteiger partial charge in [-0.2, -0.15) is 5.26 Å². The van der Waals surface area contributed by atoms with Crippen LogP contribution in [0.2, 0.25) is 0 Å². The molecule has 0 aliphatic carbocycles. The number of nitriles is 1. The summed E-state index contributed by atoms with van der Waals surface area (Å²) in [4.78, 5) is 25.0. The Labute approximate surface area is 128 Å². The Morgan fingerprint density at radius 1 is 1.45 bits per heavy atom. The molecule has 1 rings (SSSR count). The lowest BCUT2D eigenvalue weighted by Crippen LogP contribution is -2.36. The number of nitrogens with two attached hydrogens (primary N) is 1. The quantitative estimate of drug-likeness (QED) is 0.414. The second-order valence-electron chi connectivity index (χ2n) is 4.68. The van der Waals surface area contributed by atoms with Crippen LogP contribution in [0.4, 0.5) is 11.4 Å². The molecular weight excluding hydrogens is 284 g/mol. The molecule has 7 heteroatoms. The first kappa shape index (κ1) is 17.2. The number of aliphatic hydroxyl groups excluding tert-OH is 1. The minimum Gasteiger partial charge on any atom is -0.399 e. The highest BCUT2D eigenvalue weighted by Gasteiger charge is 2.23. The predicted octanol–water partition coefficient (Wildman–Crippen LogP) is 0.526. The predicted molar refractivity (Wildman–Crippen MR) is 82.4 cm³/mol. The molecule has 0 aliphatic heterocycles. The number of nitrogens with zero attached hydrogens (tertiary/aromatic N) is 2. The number of nitrogens with one attached hydrogen (secondary N) is 1. The molecule has 7 nitrogen and oxygen atoms in total. The van der Waals surface area contributed by atoms with Crippen LogP contribution in [0, 0.1) is 11.3 Å². The van der Waals surface area contributed by atoms with Crippen molar-refractivity contribution in [1.82, 2.24) is 5.32 Å².